The molecule has 0 saturated carbocycles. The maximum Gasteiger partial charge on any atom is 0.369 e. The SMILES string of the molecule is C[Si](C)(C)NC(=O)C(F)(F)C(Cl)(Cl)Cl. The van der Waals surface area contributed by atoms with E-state index < -0.39 is 23.9 Å². The van der Waals surface area contributed by atoms with Gasteiger partial charge in [0.05, 0.1) is 0 Å². The first-order valence-corrected chi connectivity index (χ1v) is 8.28. The Kier molecular flexibility index (Phi) is 4.24. The van der Waals surface area contributed by atoms with Gasteiger partial charge in [-0.15, -0.1) is 0 Å². The van der Waals surface area contributed by atoms with Gasteiger partial charge in [-0.05, 0) is 0 Å². The van der Waals surface area contributed by atoms with Crippen molar-refractivity contribution < 1.29 is 13.6 Å². The molecule has 84 valence electrons. The molecule has 0 rings (SSSR count). The Bertz CT molecular complexity index is 236. The summed E-state index contributed by atoms with van der Waals surface area (Å²) in [7, 11) is -2.16. The monoisotopic (exact) mass is 283 g/mol. The molecule has 0 aliphatic heterocycles. The van der Waals surface area contributed by atoms with Gasteiger partial charge in [0.1, 0.15) is 8.24 Å². The van der Waals surface area contributed by atoms with Crippen LogP contribution in [0.3, 0.4) is 0 Å². The minimum atomic E-state index is -4.02. The van der Waals surface area contributed by atoms with Gasteiger partial charge in [0.15, 0.2) is 0 Å². The molecule has 0 atom stereocenters. The van der Waals surface area contributed by atoms with E-state index >= 15 is 0 Å². The van der Waals surface area contributed by atoms with Crippen molar-refractivity contribution in [2.45, 2.75) is 29.4 Å². The second-order valence-corrected chi connectivity index (χ2v) is 10.8. The topological polar surface area (TPSA) is 29.1 Å². The Labute approximate surface area is 97.0 Å². The molecule has 0 spiro atoms. The molecule has 0 bridgehead atoms. The number of halogens is 5. The molecule has 0 aliphatic rings. The summed E-state index contributed by atoms with van der Waals surface area (Å²) in [6.07, 6.45) is 0. The van der Waals surface area contributed by atoms with E-state index in [2.05, 4.69) is 4.98 Å². The lowest BCUT2D eigenvalue weighted by atomic mass is 10.4. The second-order valence-electron chi connectivity index (χ2n) is 3.78. The van der Waals surface area contributed by atoms with Crippen LogP contribution in [0.2, 0.25) is 19.6 Å². The first-order valence-electron chi connectivity index (χ1n) is 3.65. The van der Waals surface area contributed by atoms with Crippen molar-refractivity contribution in [3.8, 4) is 0 Å². The van der Waals surface area contributed by atoms with Gasteiger partial charge in [-0.3, -0.25) is 4.79 Å². The maximum absolute atomic E-state index is 13.1. The van der Waals surface area contributed by atoms with E-state index in [1.165, 1.54) is 0 Å². The van der Waals surface area contributed by atoms with Crippen molar-refractivity contribution in [1.29, 1.82) is 0 Å². The Morgan fingerprint density at radius 2 is 1.57 bits per heavy atom. The van der Waals surface area contributed by atoms with Gasteiger partial charge in [-0.2, -0.15) is 8.78 Å². The maximum atomic E-state index is 13.1. The van der Waals surface area contributed by atoms with Crippen LogP contribution in [0.25, 0.3) is 0 Å². The van der Waals surface area contributed by atoms with Crippen LogP contribution in [0.1, 0.15) is 0 Å². The second kappa shape index (κ2) is 4.12. The highest BCUT2D eigenvalue weighted by molar-refractivity contribution is 6.76. The van der Waals surface area contributed by atoms with Crippen LogP contribution in [0, 0.1) is 0 Å². The minimum Gasteiger partial charge on any atom is -0.377 e. The lowest BCUT2D eigenvalue weighted by Crippen LogP contribution is -2.56. The number of hydrogen-bond acceptors (Lipinski definition) is 1. The molecule has 0 fully saturated rings. The van der Waals surface area contributed by atoms with Crippen molar-refractivity contribution >= 4 is 48.9 Å². The highest BCUT2D eigenvalue weighted by Crippen LogP contribution is 2.42. The van der Waals surface area contributed by atoms with Crippen LogP contribution in [-0.2, 0) is 4.79 Å². The molecule has 0 unspecified atom stereocenters. The van der Waals surface area contributed by atoms with Gasteiger partial charge in [0.2, 0.25) is 0 Å². The molecule has 1 amide bonds. The van der Waals surface area contributed by atoms with Crippen LogP contribution in [0.5, 0.6) is 0 Å². The highest BCUT2D eigenvalue weighted by atomic mass is 35.6. The summed E-state index contributed by atoms with van der Waals surface area (Å²) >= 11 is 15.0. The number of amides is 1. The molecular weight excluding hydrogens is 275 g/mol. The molecule has 2 nitrogen and oxygen atoms in total. The first-order chi connectivity index (χ1) is 5.88. The number of rotatable bonds is 2. The average Bonchev–Trinajstić information content (AvgIpc) is 1.80. The molecular formula is C6H10Cl3F2NOSi. The highest BCUT2D eigenvalue weighted by Gasteiger charge is 2.57. The molecule has 0 aromatic rings. The first kappa shape index (κ1) is 14.4. The molecule has 8 heteroatoms. The zero-order valence-electron chi connectivity index (χ0n) is 7.80. The average molecular weight is 285 g/mol. The predicted molar refractivity (Wildman–Crippen MR) is 56.7 cm³/mol. The zero-order chi connectivity index (χ0) is 11.8. The van der Waals surface area contributed by atoms with Crippen LogP contribution >= 0.6 is 34.8 Å². The van der Waals surface area contributed by atoms with E-state index in [1.54, 1.807) is 19.6 Å². The molecule has 1 N–H and O–H groups in total. The fourth-order valence-electron chi connectivity index (χ4n) is 0.548. The standard InChI is InChI=1S/C6H10Cl3F2NOSi/c1-14(2,3)12-4(13)5(10,11)6(7,8)9/h1-3H3,(H,12,13). The van der Waals surface area contributed by atoms with Crippen LogP contribution in [0.15, 0.2) is 0 Å². The van der Waals surface area contributed by atoms with E-state index in [0.717, 1.165) is 0 Å². The fraction of sp³-hybridized carbons (Fsp3) is 0.833. The van der Waals surface area contributed by atoms with Gasteiger partial charge in [-0.25, -0.2) is 0 Å². The Morgan fingerprint density at radius 3 is 1.79 bits per heavy atom. The number of nitrogens with one attached hydrogen (secondary N) is 1. The van der Waals surface area contributed by atoms with Crippen LogP contribution in [0.4, 0.5) is 8.78 Å². The number of carbonyl (C=O) groups excluding carboxylic acids is 1. The zero-order valence-corrected chi connectivity index (χ0v) is 11.1. The minimum absolute atomic E-state index is 1.54. The number of carbonyl (C=O) groups is 1. The Morgan fingerprint density at radius 1 is 1.21 bits per heavy atom. The molecule has 0 aromatic heterocycles. The molecule has 0 saturated heterocycles. The van der Waals surface area contributed by atoms with Gasteiger partial charge >= 0.3 is 5.92 Å². The van der Waals surface area contributed by atoms with Crippen LogP contribution in [-0.4, -0.2) is 23.9 Å². The van der Waals surface area contributed by atoms with E-state index in [-0.39, 0.29) is 0 Å². The fourth-order valence-corrected chi connectivity index (χ4v) is 1.64. The third kappa shape index (κ3) is 3.88. The smallest absolute Gasteiger partial charge is 0.369 e. The molecule has 0 heterocycles. The summed E-state index contributed by atoms with van der Waals surface area (Å²) in [6.45, 7) is 5.04. The van der Waals surface area contributed by atoms with E-state index in [0.29, 0.717) is 0 Å². The van der Waals surface area contributed by atoms with Gasteiger partial charge < -0.3 is 4.98 Å². The molecule has 0 radical (unpaired) electrons. The number of alkyl halides is 5. The Hall–Kier alpha value is 0.417. The summed E-state index contributed by atoms with van der Waals surface area (Å²) in [5.41, 5.74) is 0. The summed E-state index contributed by atoms with van der Waals surface area (Å²) in [6, 6.07) is 0. The molecule has 0 aliphatic carbocycles. The third-order valence-electron chi connectivity index (χ3n) is 1.13. The summed E-state index contributed by atoms with van der Waals surface area (Å²) in [4.78, 5) is 13.2. The van der Waals surface area contributed by atoms with Gasteiger partial charge in [0.25, 0.3) is 9.70 Å². The lowest BCUT2D eigenvalue weighted by Gasteiger charge is -2.26. The quantitative estimate of drug-likeness (QED) is 0.613. The summed E-state index contributed by atoms with van der Waals surface area (Å²) in [5.74, 6) is -5.56. The normalized spacial score (nSPS) is 14.0. The molecule has 0 aromatic carbocycles. The lowest BCUT2D eigenvalue weighted by molar-refractivity contribution is -0.143. The van der Waals surface area contributed by atoms with Crippen molar-refractivity contribution in [3.63, 3.8) is 0 Å². The number of hydrogen-bond donors (Lipinski definition) is 1. The van der Waals surface area contributed by atoms with E-state index in [4.69, 9.17) is 34.8 Å². The van der Waals surface area contributed by atoms with Crippen molar-refractivity contribution in [2.24, 2.45) is 0 Å². The molecule has 14 heavy (non-hydrogen) atoms. The third-order valence-corrected chi connectivity index (χ3v) is 2.82. The predicted octanol–water partition coefficient (Wildman–Crippen LogP) is 2.94. The van der Waals surface area contributed by atoms with Crippen molar-refractivity contribution in [2.75, 3.05) is 0 Å². The largest absolute Gasteiger partial charge is 0.377 e. The van der Waals surface area contributed by atoms with E-state index in [1.807, 2.05) is 0 Å². The van der Waals surface area contributed by atoms with Gasteiger partial charge in [0, 0.05) is 0 Å². The van der Waals surface area contributed by atoms with Crippen LogP contribution < -0.4 is 4.98 Å². The summed E-state index contributed by atoms with van der Waals surface area (Å²) in [5, 5.41) is 0. The van der Waals surface area contributed by atoms with Gasteiger partial charge in [-0.1, -0.05) is 54.4 Å². The van der Waals surface area contributed by atoms with E-state index in [9.17, 15) is 13.6 Å². The Balaban J connectivity index is 4.70. The van der Waals surface area contributed by atoms with Crippen molar-refractivity contribution in [3.05, 3.63) is 0 Å². The summed E-state index contributed by atoms with van der Waals surface area (Å²) < 4.78 is 23.2. The van der Waals surface area contributed by atoms with Crippen molar-refractivity contribution in [1.82, 2.24) is 4.98 Å².